The van der Waals surface area contributed by atoms with E-state index in [1.807, 2.05) is 6.92 Å². The van der Waals surface area contributed by atoms with Gasteiger partial charge >= 0.3 is 5.97 Å². The Morgan fingerprint density at radius 2 is 2.05 bits per heavy atom. The molecular weight excluding hydrogens is 286 g/mol. The molecule has 1 rings (SSSR count). The van der Waals surface area contributed by atoms with Crippen LogP contribution in [0, 0.1) is 0 Å². The minimum absolute atomic E-state index is 0.126. The van der Waals surface area contributed by atoms with Crippen LogP contribution in [0.3, 0.4) is 0 Å². The van der Waals surface area contributed by atoms with Gasteiger partial charge < -0.3 is 5.11 Å². The highest BCUT2D eigenvalue weighted by Gasteiger charge is 2.21. The van der Waals surface area contributed by atoms with Gasteiger partial charge in [0.05, 0.1) is 4.90 Å². The lowest BCUT2D eigenvalue weighted by Crippen LogP contribution is -2.25. The zero-order valence-corrected chi connectivity index (χ0v) is 12.4. The number of aliphatic carboxylic acids is 1. The van der Waals surface area contributed by atoms with Gasteiger partial charge in [-0.3, -0.25) is 4.79 Å². The van der Waals surface area contributed by atoms with E-state index >= 15 is 0 Å². The number of carboxylic acid groups (broad SMARTS) is 1. The van der Waals surface area contributed by atoms with E-state index in [0.29, 0.717) is 17.9 Å². The summed E-state index contributed by atoms with van der Waals surface area (Å²) < 4.78 is 26.7. The molecule has 0 spiro atoms. The SMILES string of the molecule is CCCNS(=O)(=O)c1ccccc1SC(C)C(=O)O. The Bertz CT molecular complexity index is 542. The zero-order valence-electron chi connectivity index (χ0n) is 10.8. The maximum atomic E-state index is 12.1. The third-order valence-electron chi connectivity index (χ3n) is 2.33. The van der Waals surface area contributed by atoms with Crippen LogP contribution in [0.5, 0.6) is 0 Å². The van der Waals surface area contributed by atoms with Crippen LogP contribution in [0.25, 0.3) is 0 Å². The van der Waals surface area contributed by atoms with Crippen molar-refractivity contribution in [3.63, 3.8) is 0 Å². The van der Waals surface area contributed by atoms with E-state index in [-0.39, 0.29) is 4.90 Å². The molecule has 0 aliphatic carbocycles. The second kappa shape index (κ2) is 6.93. The van der Waals surface area contributed by atoms with E-state index in [9.17, 15) is 13.2 Å². The fourth-order valence-electron chi connectivity index (χ4n) is 1.32. The third kappa shape index (κ3) is 4.52. The van der Waals surface area contributed by atoms with E-state index < -0.39 is 21.2 Å². The van der Waals surface area contributed by atoms with Gasteiger partial charge in [0.15, 0.2) is 0 Å². The number of thioether (sulfide) groups is 1. The molecule has 0 saturated heterocycles. The van der Waals surface area contributed by atoms with Gasteiger partial charge in [-0.25, -0.2) is 13.1 Å². The highest BCUT2D eigenvalue weighted by atomic mass is 32.2. The molecule has 106 valence electrons. The summed E-state index contributed by atoms with van der Waals surface area (Å²) in [7, 11) is -3.59. The molecule has 1 aromatic rings. The topological polar surface area (TPSA) is 83.5 Å². The van der Waals surface area contributed by atoms with E-state index in [2.05, 4.69) is 4.72 Å². The van der Waals surface area contributed by atoms with Crippen molar-refractivity contribution in [2.75, 3.05) is 6.54 Å². The minimum atomic E-state index is -3.59. The summed E-state index contributed by atoms with van der Waals surface area (Å²) in [5.74, 6) is -0.973. The van der Waals surface area contributed by atoms with Crippen LogP contribution in [0.1, 0.15) is 20.3 Å². The number of hydrogen-bond acceptors (Lipinski definition) is 4. The standard InChI is InChI=1S/C12H17NO4S2/c1-3-8-13-19(16,17)11-7-5-4-6-10(11)18-9(2)12(14)15/h4-7,9,13H,3,8H2,1-2H3,(H,14,15). The van der Waals surface area contributed by atoms with Gasteiger partial charge in [0, 0.05) is 11.4 Å². The van der Waals surface area contributed by atoms with Crippen molar-refractivity contribution in [1.29, 1.82) is 0 Å². The molecule has 0 aliphatic heterocycles. The molecule has 7 heteroatoms. The summed E-state index contributed by atoms with van der Waals surface area (Å²) in [6.45, 7) is 3.75. The van der Waals surface area contributed by atoms with Gasteiger partial charge in [0.25, 0.3) is 0 Å². The minimum Gasteiger partial charge on any atom is -0.480 e. The quantitative estimate of drug-likeness (QED) is 0.752. The first kappa shape index (κ1) is 16.0. The van der Waals surface area contributed by atoms with Gasteiger partial charge in [-0.2, -0.15) is 0 Å². The summed E-state index contributed by atoms with van der Waals surface area (Å²) in [6.07, 6.45) is 0.695. The molecule has 0 aliphatic rings. The molecule has 0 fully saturated rings. The maximum Gasteiger partial charge on any atom is 0.316 e. The molecule has 0 radical (unpaired) electrons. The van der Waals surface area contributed by atoms with Crippen molar-refractivity contribution in [2.45, 2.75) is 35.3 Å². The molecule has 19 heavy (non-hydrogen) atoms. The average Bonchev–Trinajstić information content (AvgIpc) is 2.36. The lowest BCUT2D eigenvalue weighted by atomic mass is 10.4. The first-order valence-electron chi connectivity index (χ1n) is 5.86. The average molecular weight is 303 g/mol. The van der Waals surface area contributed by atoms with Gasteiger partial charge in [-0.1, -0.05) is 19.1 Å². The fraction of sp³-hybridized carbons (Fsp3) is 0.417. The van der Waals surface area contributed by atoms with E-state index in [1.165, 1.54) is 13.0 Å². The molecular formula is C12H17NO4S2. The Balaban J connectivity index is 3.05. The van der Waals surface area contributed by atoms with Gasteiger partial charge in [0.2, 0.25) is 10.0 Å². The molecule has 0 bridgehead atoms. The number of carboxylic acids is 1. The van der Waals surface area contributed by atoms with Crippen LogP contribution in [0.2, 0.25) is 0 Å². The molecule has 1 aromatic carbocycles. The Morgan fingerprint density at radius 1 is 1.42 bits per heavy atom. The Kier molecular flexibility index (Phi) is 5.84. The largest absolute Gasteiger partial charge is 0.480 e. The van der Waals surface area contributed by atoms with E-state index in [4.69, 9.17) is 5.11 Å². The summed E-state index contributed by atoms with van der Waals surface area (Å²) in [5.41, 5.74) is 0. The Hall–Kier alpha value is -1.05. The predicted octanol–water partition coefficient (Wildman–Crippen LogP) is 1.94. The van der Waals surface area contributed by atoms with Crippen molar-refractivity contribution in [1.82, 2.24) is 4.72 Å². The second-order valence-electron chi connectivity index (χ2n) is 3.94. The molecule has 0 amide bonds. The maximum absolute atomic E-state index is 12.1. The Morgan fingerprint density at radius 3 is 2.63 bits per heavy atom. The zero-order chi connectivity index (χ0) is 14.5. The van der Waals surface area contributed by atoms with Gasteiger partial charge in [-0.05, 0) is 25.5 Å². The summed E-state index contributed by atoms with van der Waals surface area (Å²) in [5, 5.41) is 8.19. The molecule has 1 unspecified atom stereocenters. The fourth-order valence-corrected chi connectivity index (χ4v) is 3.84. The van der Waals surface area contributed by atoms with Crippen LogP contribution >= 0.6 is 11.8 Å². The molecule has 0 heterocycles. The number of nitrogens with one attached hydrogen (secondary N) is 1. The van der Waals surface area contributed by atoms with Crippen LogP contribution in [-0.4, -0.2) is 31.3 Å². The highest BCUT2D eigenvalue weighted by Crippen LogP contribution is 2.29. The van der Waals surface area contributed by atoms with Crippen LogP contribution in [-0.2, 0) is 14.8 Å². The van der Waals surface area contributed by atoms with Gasteiger partial charge in [0.1, 0.15) is 5.25 Å². The van der Waals surface area contributed by atoms with Crippen molar-refractivity contribution < 1.29 is 18.3 Å². The molecule has 1 atom stereocenters. The molecule has 5 nitrogen and oxygen atoms in total. The summed E-state index contributed by atoms with van der Waals surface area (Å²) >= 11 is 1.02. The lowest BCUT2D eigenvalue weighted by Gasteiger charge is -2.12. The number of hydrogen-bond donors (Lipinski definition) is 2. The smallest absolute Gasteiger partial charge is 0.316 e. The van der Waals surface area contributed by atoms with E-state index in [0.717, 1.165) is 11.8 Å². The second-order valence-corrected chi connectivity index (χ2v) is 7.06. The Labute approximate surface area is 117 Å². The van der Waals surface area contributed by atoms with Crippen molar-refractivity contribution in [3.05, 3.63) is 24.3 Å². The highest BCUT2D eigenvalue weighted by molar-refractivity contribution is 8.01. The first-order chi connectivity index (χ1) is 8.88. The summed E-state index contributed by atoms with van der Waals surface area (Å²) in [6, 6.07) is 6.41. The number of carbonyl (C=O) groups is 1. The third-order valence-corrected chi connectivity index (χ3v) is 5.15. The van der Waals surface area contributed by atoms with Crippen LogP contribution in [0.15, 0.2) is 34.1 Å². The van der Waals surface area contributed by atoms with Gasteiger partial charge in [-0.15, -0.1) is 11.8 Å². The summed E-state index contributed by atoms with van der Waals surface area (Å²) in [4.78, 5) is 11.4. The molecule has 2 N–H and O–H groups in total. The van der Waals surface area contributed by atoms with E-state index in [1.54, 1.807) is 18.2 Å². The van der Waals surface area contributed by atoms with Crippen LogP contribution < -0.4 is 4.72 Å². The lowest BCUT2D eigenvalue weighted by molar-refractivity contribution is -0.136. The predicted molar refractivity (Wildman–Crippen MR) is 74.9 cm³/mol. The van der Waals surface area contributed by atoms with Crippen LogP contribution in [0.4, 0.5) is 0 Å². The van der Waals surface area contributed by atoms with Crippen molar-refractivity contribution in [3.8, 4) is 0 Å². The number of rotatable bonds is 7. The molecule has 0 saturated carbocycles. The molecule has 0 aromatic heterocycles. The monoisotopic (exact) mass is 303 g/mol. The normalized spacial score (nSPS) is 13.2. The van der Waals surface area contributed by atoms with Crippen molar-refractivity contribution >= 4 is 27.8 Å². The first-order valence-corrected chi connectivity index (χ1v) is 8.23. The number of sulfonamides is 1. The van der Waals surface area contributed by atoms with Crippen molar-refractivity contribution in [2.24, 2.45) is 0 Å². The number of benzene rings is 1.